The monoisotopic (exact) mass is 565 g/mol. The van der Waals surface area contributed by atoms with E-state index < -0.39 is 74.5 Å². The van der Waals surface area contributed by atoms with E-state index >= 15 is 0 Å². The van der Waals surface area contributed by atoms with Crippen molar-refractivity contribution in [1.29, 1.82) is 0 Å². The molecule has 1 saturated carbocycles. The Morgan fingerprint density at radius 2 is 1.78 bits per heavy atom. The third-order valence-electron chi connectivity index (χ3n) is 6.21. The number of halogens is 5. The van der Waals surface area contributed by atoms with Gasteiger partial charge in [-0.25, -0.2) is 21.6 Å². The second kappa shape index (κ2) is 10.6. The normalized spacial score (nSPS) is 21.2. The van der Waals surface area contributed by atoms with Gasteiger partial charge in [-0.3, -0.25) is 9.59 Å². The molecule has 2 aromatic rings. The van der Waals surface area contributed by atoms with E-state index in [1.54, 1.807) is 24.3 Å². The van der Waals surface area contributed by atoms with E-state index in [2.05, 4.69) is 5.32 Å². The molecule has 0 radical (unpaired) electrons. The minimum absolute atomic E-state index is 0. The highest BCUT2D eigenvalue weighted by Crippen LogP contribution is 2.35. The molecule has 1 aliphatic heterocycles. The first-order valence-corrected chi connectivity index (χ1v) is 13.0. The molecule has 3 N–H and O–H groups in total. The first-order valence-electron chi connectivity index (χ1n) is 10.9. The summed E-state index contributed by atoms with van der Waals surface area (Å²) in [6, 6.07) is 6.18. The molecule has 1 aliphatic carbocycles. The number of nitrogens with two attached hydrogens (primary N) is 1. The Kier molecular flexibility index (Phi) is 8.29. The number of carbonyl (C=O) groups excluding carboxylic acids is 2. The highest BCUT2D eigenvalue weighted by Gasteiger charge is 2.38. The minimum Gasteiger partial charge on any atom is -0.349 e. The maximum atomic E-state index is 15.0. The molecule has 1 atom stereocenters. The molecule has 4 rings (SSSR count). The van der Waals surface area contributed by atoms with E-state index in [0.717, 1.165) is 11.0 Å². The van der Waals surface area contributed by atoms with E-state index in [0.29, 0.717) is 16.7 Å². The van der Waals surface area contributed by atoms with Gasteiger partial charge in [-0.2, -0.15) is 0 Å². The summed E-state index contributed by atoms with van der Waals surface area (Å²) in [5.41, 5.74) is 5.77. The maximum Gasteiger partial charge on any atom is 0.254 e. The summed E-state index contributed by atoms with van der Waals surface area (Å²) in [4.78, 5) is 26.5. The average Bonchev–Trinajstić information content (AvgIpc) is 2.85. The summed E-state index contributed by atoms with van der Waals surface area (Å²) in [5, 5.41) is 3.00. The molecule has 2 aliphatic rings. The molecule has 0 aromatic heterocycles. The Bertz CT molecular complexity index is 1270. The van der Waals surface area contributed by atoms with Crippen LogP contribution in [0, 0.1) is 5.82 Å². The topological polar surface area (TPSA) is 110 Å². The molecular weight excluding hydrogens is 542 g/mol. The molecule has 1 fully saturated rings. The van der Waals surface area contributed by atoms with Gasteiger partial charge in [0.25, 0.3) is 5.91 Å². The van der Waals surface area contributed by atoms with Crippen molar-refractivity contribution in [2.75, 3.05) is 10.7 Å². The predicted octanol–water partition coefficient (Wildman–Crippen LogP) is 3.86. The Hall–Kier alpha value is -2.34. The van der Waals surface area contributed by atoms with Gasteiger partial charge in [-0.15, -0.1) is 12.4 Å². The number of benzene rings is 2. The number of carbonyl (C=O) groups is 2. The number of anilines is 1. The number of amides is 2. The predicted molar refractivity (Wildman–Crippen MR) is 131 cm³/mol. The third kappa shape index (κ3) is 5.96. The number of sulfone groups is 1. The summed E-state index contributed by atoms with van der Waals surface area (Å²) < 4.78 is 67.6. The first kappa shape index (κ1) is 28.2. The first-order chi connectivity index (χ1) is 16.4. The average molecular weight is 566 g/mol. The fraction of sp³-hybridized carbons (Fsp3) is 0.391. The van der Waals surface area contributed by atoms with Gasteiger partial charge in [0.05, 0.1) is 34.5 Å². The van der Waals surface area contributed by atoms with Crippen molar-refractivity contribution in [3.8, 4) is 0 Å². The van der Waals surface area contributed by atoms with E-state index in [9.17, 15) is 31.2 Å². The van der Waals surface area contributed by atoms with Crippen LogP contribution in [0.5, 0.6) is 0 Å². The van der Waals surface area contributed by atoms with E-state index in [1.807, 2.05) is 0 Å². The number of nitrogens with zero attached hydrogens (tertiary/aromatic N) is 1. The molecule has 2 aromatic carbocycles. The van der Waals surface area contributed by atoms with Crippen molar-refractivity contribution in [2.24, 2.45) is 5.73 Å². The SMILES string of the molecule is Cl.N[C@H]1CS(=O)(=O)c2cc(F)c(C(=O)NC3CCC(F)(F)CC3)cc2N(Cc2ccc(Cl)cc2)C1=O. The van der Waals surface area contributed by atoms with Crippen LogP contribution < -0.4 is 16.0 Å². The van der Waals surface area contributed by atoms with Gasteiger partial charge in [-0.05, 0) is 42.7 Å². The van der Waals surface area contributed by atoms with Crippen molar-refractivity contribution in [3.63, 3.8) is 0 Å². The molecular formula is C23H24Cl2F3N3O4S. The highest BCUT2D eigenvalue weighted by atomic mass is 35.5. The zero-order valence-corrected chi connectivity index (χ0v) is 21.2. The number of hydrogen-bond acceptors (Lipinski definition) is 5. The number of hydrogen-bond donors (Lipinski definition) is 2. The van der Waals surface area contributed by atoms with Gasteiger partial charge < -0.3 is 16.0 Å². The number of rotatable bonds is 4. The zero-order chi connectivity index (χ0) is 25.5. The molecule has 196 valence electrons. The lowest BCUT2D eigenvalue weighted by Gasteiger charge is -2.29. The second-order valence-corrected chi connectivity index (χ2v) is 11.3. The summed E-state index contributed by atoms with van der Waals surface area (Å²) in [6.45, 7) is -0.101. The quantitative estimate of drug-likeness (QED) is 0.585. The molecule has 0 spiro atoms. The van der Waals surface area contributed by atoms with Gasteiger partial charge in [0.15, 0.2) is 9.84 Å². The van der Waals surface area contributed by atoms with Crippen LogP contribution in [0.4, 0.5) is 18.9 Å². The van der Waals surface area contributed by atoms with Crippen LogP contribution >= 0.6 is 24.0 Å². The Morgan fingerprint density at radius 1 is 1.17 bits per heavy atom. The standard InChI is InChI=1S/C23H23ClF3N3O4S.ClH/c24-14-3-1-13(2-4-14)11-30-19-9-16(21(31)29-15-5-7-23(26,27)8-6-15)17(25)10-20(19)35(33,34)12-18(28)22(30)32;/h1-4,9-10,15,18H,5-8,11-12,28H2,(H,29,31);1H/t18-;/m0./s1. The Labute approximate surface area is 217 Å². The second-order valence-electron chi connectivity index (χ2n) is 8.84. The lowest BCUT2D eigenvalue weighted by Crippen LogP contribution is -2.45. The molecule has 1 heterocycles. The molecule has 0 bridgehead atoms. The summed E-state index contributed by atoms with van der Waals surface area (Å²) in [5.74, 6) is -6.23. The van der Waals surface area contributed by atoms with Crippen LogP contribution in [0.3, 0.4) is 0 Å². The van der Waals surface area contributed by atoms with Crippen LogP contribution in [-0.2, 0) is 21.2 Å². The van der Waals surface area contributed by atoms with E-state index in [-0.39, 0.29) is 37.5 Å². The lowest BCUT2D eigenvalue weighted by atomic mass is 9.92. The minimum atomic E-state index is -4.16. The van der Waals surface area contributed by atoms with Crippen molar-refractivity contribution in [3.05, 3.63) is 58.4 Å². The number of fused-ring (bicyclic) bond motifs is 1. The van der Waals surface area contributed by atoms with Crippen molar-refractivity contribution >= 4 is 51.3 Å². The van der Waals surface area contributed by atoms with Crippen LogP contribution in [0.2, 0.25) is 5.02 Å². The van der Waals surface area contributed by atoms with Gasteiger partial charge >= 0.3 is 0 Å². The van der Waals surface area contributed by atoms with Gasteiger partial charge in [0, 0.05) is 23.9 Å². The number of nitrogens with one attached hydrogen (secondary N) is 1. The Morgan fingerprint density at radius 3 is 2.39 bits per heavy atom. The van der Waals surface area contributed by atoms with Crippen LogP contribution in [0.25, 0.3) is 0 Å². The molecule has 0 saturated heterocycles. The van der Waals surface area contributed by atoms with Crippen molar-refractivity contribution in [2.45, 2.75) is 55.1 Å². The van der Waals surface area contributed by atoms with Crippen molar-refractivity contribution in [1.82, 2.24) is 5.32 Å². The third-order valence-corrected chi connectivity index (χ3v) is 8.25. The number of alkyl halides is 2. The smallest absolute Gasteiger partial charge is 0.254 e. The fourth-order valence-corrected chi connectivity index (χ4v) is 5.97. The Balaban J connectivity index is 0.00000361. The zero-order valence-electron chi connectivity index (χ0n) is 18.8. The van der Waals surface area contributed by atoms with Gasteiger partial charge in [0.1, 0.15) is 5.82 Å². The highest BCUT2D eigenvalue weighted by molar-refractivity contribution is 7.91. The summed E-state index contributed by atoms with van der Waals surface area (Å²) >= 11 is 5.91. The molecule has 7 nitrogen and oxygen atoms in total. The lowest BCUT2D eigenvalue weighted by molar-refractivity contribution is -0.119. The molecule has 2 amide bonds. The summed E-state index contributed by atoms with van der Waals surface area (Å²) in [6.07, 6.45) is -0.750. The maximum absolute atomic E-state index is 15.0. The van der Waals surface area contributed by atoms with E-state index in [1.165, 1.54) is 0 Å². The summed E-state index contributed by atoms with van der Waals surface area (Å²) in [7, 11) is -4.16. The van der Waals surface area contributed by atoms with Crippen molar-refractivity contribution < 1.29 is 31.2 Å². The van der Waals surface area contributed by atoms with Crippen LogP contribution in [0.15, 0.2) is 41.3 Å². The van der Waals surface area contributed by atoms with Gasteiger partial charge in [-0.1, -0.05) is 23.7 Å². The largest absolute Gasteiger partial charge is 0.349 e. The van der Waals surface area contributed by atoms with E-state index in [4.69, 9.17) is 17.3 Å². The molecule has 0 unspecified atom stereocenters. The molecule has 13 heteroatoms. The van der Waals surface area contributed by atoms with Gasteiger partial charge in [0.2, 0.25) is 11.8 Å². The van der Waals surface area contributed by atoms with Crippen LogP contribution in [-0.4, -0.2) is 44.0 Å². The fourth-order valence-electron chi connectivity index (χ4n) is 4.28. The molecule has 36 heavy (non-hydrogen) atoms. The van der Waals surface area contributed by atoms with Crippen LogP contribution in [0.1, 0.15) is 41.6 Å².